The van der Waals surface area contributed by atoms with Crippen molar-refractivity contribution < 1.29 is 9.53 Å². The fourth-order valence-corrected chi connectivity index (χ4v) is 1.88. The van der Waals surface area contributed by atoms with Crippen molar-refractivity contribution in [3.63, 3.8) is 0 Å². The van der Waals surface area contributed by atoms with Gasteiger partial charge in [0.1, 0.15) is 5.54 Å². The average Bonchev–Trinajstić information content (AvgIpc) is 2.78. The van der Waals surface area contributed by atoms with Crippen LogP contribution >= 0.6 is 0 Å². The van der Waals surface area contributed by atoms with Crippen molar-refractivity contribution in [2.24, 2.45) is 5.73 Å². The van der Waals surface area contributed by atoms with Gasteiger partial charge in [0, 0.05) is 32.1 Å². The van der Waals surface area contributed by atoms with Crippen molar-refractivity contribution in [2.75, 3.05) is 37.5 Å². The summed E-state index contributed by atoms with van der Waals surface area (Å²) < 4.78 is 5.19. The topological polar surface area (TPSA) is 67.6 Å². The Hall–Kier alpha value is -1.59. The Bertz CT molecular complexity index is 440. The van der Waals surface area contributed by atoms with Crippen LogP contribution < -0.4 is 16.0 Å². The van der Waals surface area contributed by atoms with E-state index in [1.165, 1.54) is 0 Å². The lowest BCUT2D eigenvalue weighted by atomic mass is 9.99. The number of amides is 1. The summed E-state index contributed by atoms with van der Waals surface area (Å²) in [5.41, 5.74) is 6.89. The molecule has 0 spiro atoms. The average molecular weight is 249 g/mol. The SMILES string of the molecule is CN(C)c1cccc(NC(=O)C2(N)CCOC2)c1. The Labute approximate surface area is 107 Å². The van der Waals surface area contributed by atoms with Crippen LogP contribution in [0.1, 0.15) is 6.42 Å². The number of ether oxygens (including phenoxy) is 1. The third-order valence-corrected chi connectivity index (χ3v) is 3.12. The lowest BCUT2D eigenvalue weighted by molar-refractivity contribution is -0.121. The molecule has 98 valence electrons. The van der Waals surface area contributed by atoms with Gasteiger partial charge in [-0.1, -0.05) is 6.07 Å². The molecule has 1 aromatic carbocycles. The van der Waals surface area contributed by atoms with Gasteiger partial charge in [-0.05, 0) is 24.6 Å². The number of nitrogens with one attached hydrogen (secondary N) is 1. The maximum absolute atomic E-state index is 12.1. The smallest absolute Gasteiger partial charge is 0.246 e. The zero-order valence-electron chi connectivity index (χ0n) is 10.8. The Morgan fingerprint density at radius 1 is 1.50 bits per heavy atom. The number of carbonyl (C=O) groups is 1. The number of benzene rings is 1. The summed E-state index contributed by atoms with van der Waals surface area (Å²) in [5, 5.41) is 2.85. The van der Waals surface area contributed by atoms with E-state index in [0.29, 0.717) is 13.0 Å². The van der Waals surface area contributed by atoms with Crippen molar-refractivity contribution in [1.29, 1.82) is 0 Å². The summed E-state index contributed by atoms with van der Waals surface area (Å²) in [6, 6.07) is 7.65. The van der Waals surface area contributed by atoms with Crippen LogP contribution in [0.5, 0.6) is 0 Å². The van der Waals surface area contributed by atoms with Crippen LogP contribution in [0.25, 0.3) is 0 Å². The molecule has 1 fully saturated rings. The highest BCUT2D eigenvalue weighted by Gasteiger charge is 2.38. The minimum absolute atomic E-state index is 0.184. The van der Waals surface area contributed by atoms with Crippen LogP contribution in [0.4, 0.5) is 11.4 Å². The molecule has 0 aliphatic carbocycles. The molecule has 2 rings (SSSR count). The van der Waals surface area contributed by atoms with Gasteiger partial charge in [0.2, 0.25) is 5.91 Å². The van der Waals surface area contributed by atoms with Gasteiger partial charge in [-0.2, -0.15) is 0 Å². The maximum atomic E-state index is 12.1. The molecule has 0 saturated carbocycles. The van der Waals surface area contributed by atoms with Crippen LogP contribution in [0.15, 0.2) is 24.3 Å². The second kappa shape index (κ2) is 4.96. The quantitative estimate of drug-likeness (QED) is 0.832. The number of anilines is 2. The second-order valence-corrected chi connectivity index (χ2v) is 4.86. The molecule has 1 amide bonds. The second-order valence-electron chi connectivity index (χ2n) is 4.86. The van der Waals surface area contributed by atoms with E-state index in [1.54, 1.807) is 0 Å². The highest BCUT2D eigenvalue weighted by molar-refractivity contribution is 5.98. The van der Waals surface area contributed by atoms with Gasteiger partial charge < -0.3 is 20.7 Å². The largest absolute Gasteiger partial charge is 0.379 e. The molecule has 0 aromatic heterocycles. The predicted octanol–water partition coefficient (Wildman–Crippen LogP) is 0.809. The zero-order valence-corrected chi connectivity index (χ0v) is 10.8. The minimum atomic E-state index is -0.895. The first-order chi connectivity index (χ1) is 8.51. The van der Waals surface area contributed by atoms with Crippen LogP contribution in [0.3, 0.4) is 0 Å². The van der Waals surface area contributed by atoms with Crippen molar-refractivity contribution in [3.8, 4) is 0 Å². The van der Waals surface area contributed by atoms with E-state index < -0.39 is 5.54 Å². The summed E-state index contributed by atoms with van der Waals surface area (Å²) in [4.78, 5) is 14.1. The van der Waals surface area contributed by atoms with Gasteiger partial charge in [0.05, 0.1) is 6.61 Å². The van der Waals surface area contributed by atoms with E-state index in [9.17, 15) is 4.79 Å². The number of nitrogens with two attached hydrogens (primary N) is 1. The van der Waals surface area contributed by atoms with Crippen LogP contribution in [0, 0.1) is 0 Å². The Balaban J connectivity index is 2.09. The zero-order chi connectivity index (χ0) is 13.2. The summed E-state index contributed by atoms with van der Waals surface area (Å²) in [5.74, 6) is -0.184. The van der Waals surface area contributed by atoms with Crippen molar-refractivity contribution in [2.45, 2.75) is 12.0 Å². The summed E-state index contributed by atoms with van der Waals surface area (Å²) >= 11 is 0. The summed E-state index contributed by atoms with van der Waals surface area (Å²) in [6.45, 7) is 0.827. The Morgan fingerprint density at radius 3 is 2.89 bits per heavy atom. The summed E-state index contributed by atoms with van der Waals surface area (Å²) in [6.07, 6.45) is 0.562. The van der Waals surface area contributed by atoms with E-state index in [2.05, 4.69) is 5.32 Å². The fourth-order valence-electron chi connectivity index (χ4n) is 1.88. The van der Waals surface area contributed by atoms with E-state index in [-0.39, 0.29) is 12.5 Å². The molecule has 1 saturated heterocycles. The lowest BCUT2D eigenvalue weighted by Crippen LogP contribution is -2.51. The Morgan fingerprint density at radius 2 is 2.28 bits per heavy atom. The number of hydrogen-bond donors (Lipinski definition) is 2. The predicted molar refractivity (Wildman–Crippen MR) is 71.8 cm³/mol. The molecule has 5 nitrogen and oxygen atoms in total. The molecule has 1 atom stereocenters. The molecule has 5 heteroatoms. The monoisotopic (exact) mass is 249 g/mol. The molecule has 1 aromatic rings. The first-order valence-corrected chi connectivity index (χ1v) is 5.97. The molecule has 1 unspecified atom stereocenters. The molecular formula is C13H19N3O2. The molecule has 3 N–H and O–H groups in total. The van der Waals surface area contributed by atoms with E-state index in [4.69, 9.17) is 10.5 Å². The Kier molecular flexibility index (Phi) is 3.54. The van der Waals surface area contributed by atoms with Crippen LogP contribution in [-0.2, 0) is 9.53 Å². The van der Waals surface area contributed by atoms with Gasteiger partial charge in [-0.3, -0.25) is 4.79 Å². The molecule has 1 aliphatic rings. The fraction of sp³-hybridized carbons (Fsp3) is 0.462. The van der Waals surface area contributed by atoms with E-state index in [1.807, 2.05) is 43.3 Å². The molecular weight excluding hydrogens is 230 g/mol. The third kappa shape index (κ3) is 2.63. The third-order valence-electron chi connectivity index (χ3n) is 3.12. The van der Waals surface area contributed by atoms with Gasteiger partial charge >= 0.3 is 0 Å². The first-order valence-electron chi connectivity index (χ1n) is 5.97. The molecule has 1 aliphatic heterocycles. The van der Waals surface area contributed by atoms with E-state index >= 15 is 0 Å². The van der Waals surface area contributed by atoms with Gasteiger partial charge in [-0.15, -0.1) is 0 Å². The highest BCUT2D eigenvalue weighted by Crippen LogP contribution is 2.21. The maximum Gasteiger partial charge on any atom is 0.246 e. The van der Waals surface area contributed by atoms with Gasteiger partial charge in [-0.25, -0.2) is 0 Å². The molecule has 0 bridgehead atoms. The highest BCUT2D eigenvalue weighted by atomic mass is 16.5. The normalized spacial score (nSPS) is 22.8. The lowest BCUT2D eigenvalue weighted by Gasteiger charge is -2.21. The first kappa shape index (κ1) is 12.9. The number of carbonyl (C=O) groups excluding carboxylic acids is 1. The molecule has 0 radical (unpaired) electrons. The van der Waals surface area contributed by atoms with Crippen molar-refractivity contribution >= 4 is 17.3 Å². The molecule has 1 heterocycles. The number of hydrogen-bond acceptors (Lipinski definition) is 4. The van der Waals surface area contributed by atoms with Gasteiger partial charge in [0.15, 0.2) is 0 Å². The minimum Gasteiger partial charge on any atom is -0.379 e. The standard InChI is InChI=1S/C13H19N3O2/c1-16(2)11-5-3-4-10(8-11)15-12(17)13(14)6-7-18-9-13/h3-5,8H,6-7,9,14H2,1-2H3,(H,15,17). The van der Waals surface area contributed by atoms with Crippen LogP contribution in [0.2, 0.25) is 0 Å². The van der Waals surface area contributed by atoms with Crippen molar-refractivity contribution in [1.82, 2.24) is 0 Å². The number of nitrogens with zero attached hydrogens (tertiary/aromatic N) is 1. The summed E-state index contributed by atoms with van der Waals surface area (Å²) in [7, 11) is 3.91. The number of rotatable bonds is 3. The van der Waals surface area contributed by atoms with Gasteiger partial charge in [0.25, 0.3) is 0 Å². The van der Waals surface area contributed by atoms with Crippen LogP contribution in [-0.4, -0.2) is 38.8 Å². The molecule has 18 heavy (non-hydrogen) atoms. The van der Waals surface area contributed by atoms with Crippen molar-refractivity contribution in [3.05, 3.63) is 24.3 Å². The van der Waals surface area contributed by atoms with E-state index in [0.717, 1.165) is 11.4 Å².